The molecule has 1 atom stereocenters. The van der Waals surface area contributed by atoms with Crippen molar-refractivity contribution < 1.29 is 22.7 Å². The molecule has 8 nitrogen and oxygen atoms in total. The summed E-state index contributed by atoms with van der Waals surface area (Å²) in [6.45, 7) is 6.48. The van der Waals surface area contributed by atoms with E-state index in [1.54, 1.807) is 11.0 Å². The Morgan fingerprint density at radius 2 is 2.00 bits per heavy atom. The van der Waals surface area contributed by atoms with Gasteiger partial charge in [0.25, 0.3) is 5.91 Å². The van der Waals surface area contributed by atoms with Crippen molar-refractivity contribution >= 4 is 15.9 Å². The maximum atomic E-state index is 12.9. The van der Waals surface area contributed by atoms with Crippen LogP contribution < -0.4 is 9.46 Å². The molecule has 1 N–H and O–H groups in total. The van der Waals surface area contributed by atoms with Crippen molar-refractivity contribution in [3.8, 4) is 5.75 Å². The van der Waals surface area contributed by atoms with Gasteiger partial charge in [0.1, 0.15) is 5.75 Å². The summed E-state index contributed by atoms with van der Waals surface area (Å²) in [4.78, 5) is 17.1. The Bertz CT molecular complexity index is 840. The lowest BCUT2D eigenvalue weighted by molar-refractivity contribution is 0.0300. The van der Waals surface area contributed by atoms with Crippen LogP contribution in [-0.4, -0.2) is 83.2 Å². The lowest BCUT2D eigenvalue weighted by Crippen LogP contribution is -2.41. The molecule has 0 bridgehead atoms. The van der Waals surface area contributed by atoms with E-state index in [1.165, 1.54) is 38.5 Å². The fourth-order valence-corrected chi connectivity index (χ4v) is 5.45. The summed E-state index contributed by atoms with van der Waals surface area (Å²) >= 11 is 0. The molecule has 0 spiro atoms. The van der Waals surface area contributed by atoms with Gasteiger partial charge in [0, 0.05) is 25.7 Å². The zero-order chi connectivity index (χ0) is 22.3. The zero-order valence-electron chi connectivity index (χ0n) is 18.6. The molecule has 0 unspecified atom stereocenters. The van der Waals surface area contributed by atoms with Crippen molar-refractivity contribution in [1.82, 2.24) is 14.5 Å². The van der Waals surface area contributed by atoms with Gasteiger partial charge in [0.2, 0.25) is 10.0 Å². The number of hydrogen-bond donors (Lipinski definition) is 1. The third kappa shape index (κ3) is 6.19. The number of nitrogens with one attached hydrogen (secondary N) is 1. The minimum atomic E-state index is -3.71. The van der Waals surface area contributed by atoms with Crippen LogP contribution in [0.25, 0.3) is 0 Å². The molecule has 2 aliphatic heterocycles. The Hall–Kier alpha value is -1.68. The Morgan fingerprint density at radius 3 is 2.71 bits per heavy atom. The lowest BCUT2D eigenvalue weighted by Gasteiger charge is -2.35. The van der Waals surface area contributed by atoms with Crippen molar-refractivity contribution in [2.45, 2.75) is 50.0 Å². The molecule has 3 rings (SSSR count). The summed E-state index contributed by atoms with van der Waals surface area (Å²) in [5.41, 5.74) is 0.256. The molecule has 174 valence electrons. The van der Waals surface area contributed by atoms with Gasteiger partial charge in [-0.2, -0.15) is 0 Å². The first kappa shape index (κ1) is 24.0. The van der Waals surface area contributed by atoms with E-state index in [9.17, 15) is 13.2 Å². The van der Waals surface area contributed by atoms with Crippen LogP contribution in [0.15, 0.2) is 23.1 Å². The second-order valence-electron chi connectivity index (χ2n) is 8.11. The molecule has 1 aromatic rings. The number of nitrogens with zero attached hydrogens (tertiary/aromatic N) is 2. The van der Waals surface area contributed by atoms with E-state index in [-0.39, 0.29) is 16.4 Å². The number of hydrogen-bond acceptors (Lipinski definition) is 6. The maximum absolute atomic E-state index is 12.9. The monoisotopic (exact) mass is 453 g/mol. The molecule has 1 aromatic carbocycles. The molecule has 2 saturated heterocycles. The summed E-state index contributed by atoms with van der Waals surface area (Å²) in [7, 11) is -2.24. The van der Waals surface area contributed by atoms with E-state index in [2.05, 4.69) is 16.5 Å². The maximum Gasteiger partial charge on any atom is 0.257 e. The Labute approximate surface area is 185 Å². The average Bonchev–Trinajstić information content (AvgIpc) is 2.81. The van der Waals surface area contributed by atoms with E-state index in [1.807, 2.05) is 0 Å². The van der Waals surface area contributed by atoms with Gasteiger partial charge in [0.15, 0.2) is 0 Å². The van der Waals surface area contributed by atoms with Crippen LogP contribution in [0.3, 0.4) is 0 Å². The second-order valence-corrected chi connectivity index (χ2v) is 9.88. The Balaban J connectivity index is 1.63. The molecule has 2 heterocycles. The van der Waals surface area contributed by atoms with Gasteiger partial charge >= 0.3 is 0 Å². The number of sulfonamides is 1. The first-order chi connectivity index (χ1) is 15.0. The van der Waals surface area contributed by atoms with Crippen molar-refractivity contribution in [3.63, 3.8) is 0 Å². The molecule has 0 radical (unpaired) electrons. The largest absolute Gasteiger partial charge is 0.496 e. The van der Waals surface area contributed by atoms with Crippen LogP contribution in [0.4, 0.5) is 0 Å². The zero-order valence-corrected chi connectivity index (χ0v) is 19.5. The molecule has 31 heavy (non-hydrogen) atoms. The van der Waals surface area contributed by atoms with Crippen LogP contribution in [0, 0.1) is 0 Å². The van der Waals surface area contributed by atoms with Crippen molar-refractivity contribution in [2.24, 2.45) is 0 Å². The average molecular weight is 454 g/mol. The number of methoxy groups -OCH3 is 1. The predicted octanol–water partition coefficient (Wildman–Crippen LogP) is 2.10. The standard InChI is InChI=1S/C22H35N3O5S/c1-3-18-7-4-5-11-24(18)12-6-10-23-31(27,28)19-8-9-21(29-2)20(17-19)22(26)25-13-15-30-16-14-25/h8-9,17-18,23H,3-7,10-16H2,1-2H3/t18-/m0/s1. The van der Waals surface area contributed by atoms with Gasteiger partial charge in [-0.3, -0.25) is 4.79 Å². The van der Waals surface area contributed by atoms with Crippen LogP contribution in [0.2, 0.25) is 0 Å². The van der Waals surface area contributed by atoms with E-state index in [0.717, 1.165) is 25.9 Å². The van der Waals surface area contributed by atoms with Crippen LogP contribution in [0.1, 0.15) is 49.4 Å². The molecular formula is C22H35N3O5S. The van der Waals surface area contributed by atoms with Crippen LogP contribution in [-0.2, 0) is 14.8 Å². The molecule has 0 aliphatic carbocycles. The van der Waals surface area contributed by atoms with Crippen LogP contribution in [0.5, 0.6) is 5.75 Å². The van der Waals surface area contributed by atoms with Gasteiger partial charge in [-0.1, -0.05) is 13.3 Å². The van der Waals surface area contributed by atoms with Crippen molar-refractivity contribution in [3.05, 3.63) is 23.8 Å². The molecule has 0 saturated carbocycles. The number of piperidine rings is 1. The number of likely N-dealkylation sites (tertiary alicyclic amines) is 1. The molecule has 1 amide bonds. The number of carbonyl (C=O) groups is 1. The molecule has 2 fully saturated rings. The predicted molar refractivity (Wildman–Crippen MR) is 119 cm³/mol. The number of morpholine rings is 1. The topological polar surface area (TPSA) is 88.2 Å². The Morgan fingerprint density at radius 1 is 1.23 bits per heavy atom. The summed E-state index contributed by atoms with van der Waals surface area (Å²) in [5, 5.41) is 0. The van der Waals surface area contributed by atoms with Gasteiger partial charge in [-0.15, -0.1) is 0 Å². The SMILES string of the molecule is CC[C@H]1CCCCN1CCCNS(=O)(=O)c1ccc(OC)c(C(=O)N2CCOCC2)c1. The number of amides is 1. The summed E-state index contributed by atoms with van der Waals surface area (Å²) in [6.07, 6.45) is 5.62. The molecule has 2 aliphatic rings. The number of rotatable bonds is 9. The fraction of sp³-hybridized carbons (Fsp3) is 0.682. The van der Waals surface area contributed by atoms with E-state index in [4.69, 9.17) is 9.47 Å². The third-order valence-corrected chi connectivity index (χ3v) is 7.60. The quantitative estimate of drug-likeness (QED) is 0.576. The molecule has 0 aromatic heterocycles. The van der Waals surface area contributed by atoms with E-state index < -0.39 is 10.0 Å². The minimum Gasteiger partial charge on any atom is -0.496 e. The number of benzene rings is 1. The van der Waals surface area contributed by atoms with Crippen molar-refractivity contribution in [2.75, 3.05) is 53.0 Å². The minimum absolute atomic E-state index is 0.0781. The summed E-state index contributed by atoms with van der Waals surface area (Å²) in [6, 6.07) is 5.05. The van der Waals surface area contributed by atoms with Gasteiger partial charge in [-0.05, 0) is 57.0 Å². The summed E-state index contributed by atoms with van der Waals surface area (Å²) < 4.78 is 39.0. The third-order valence-electron chi connectivity index (χ3n) is 6.14. The van der Waals surface area contributed by atoms with Crippen LogP contribution >= 0.6 is 0 Å². The first-order valence-corrected chi connectivity index (χ1v) is 12.7. The highest BCUT2D eigenvalue weighted by molar-refractivity contribution is 7.89. The Kier molecular flexibility index (Phi) is 8.71. The first-order valence-electron chi connectivity index (χ1n) is 11.2. The van der Waals surface area contributed by atoms with Crippen molar-refractivity contribution in [1.29, 1.82) is 0 Å². The molecule has 9 heteroatoms. The van der Waals surface area contributed by atoms with Gasteiger partial charge in [0.05, 0.1) is 30.8 Å². The fourth-order valence-electron chi connectivity index (χ4n) is 4.35. The summed E-state index contributed by atoms with van der Waals surface area (Å²) in [5.74, 6) is 0.124. The van der Waals surface area contributed by atoms with E-state index >= 15 is 0 Å². The second kappa shape index (κ2) is 11.3. The van der Waals surface area contributed by atoms with E-state index in [0.29, 0.717) is 44.6 Å². The highest BCUT2D eigenvalue weighted by Gasteiger charge is 2.25. The van der Waals surface area contributed by atoms with Gasteiger partial charge < -0.3 is 19.3 Å². The highest BCUT2D eigenvalue weighted by atomic mass is 32.2. The lowest BCUT2D eigenvalue weighted by atomic mass is 10.00. The van der Waals surface area contributed by atoms with Gasteiger partial charge in [-0.25, -0.2) is 13.1 Å². The smallest absolute Gasteiger partial charge is 0.257 e. The highest BCUT2D eigenvalue weighted by Crippen LogP contribution is 2.24. The molecular weight excluding hydrogens is 418 g/mol. The number of ether oxygens (including phenoxy) is 2. The number of carbonyl (C=O) groups excluding carboxylic acids is 1. The normalized spacial score (nSPS) is 20.6.